The molecule has 0 atom stereocenters. The molecule has 30 heavy (non-hydrogen) atoms. The maximum absolute atomic E-state index is 12.5. The lowest BCUT2D eigenvalue weighted by molar-refractivity contribution is 0.0951. The van der Waals surface area contributed by atoms with Crippen molar-refractivity contribution >= 4 is 17.4 Å². The normalized spacial score (nSPS) is 10.4. The van der Waals surface area contributed by atoms with Gasteiger partial charge in [0.2, 0.25) is 0 Å². The summed E-state index contributed by atoms with van der Waals surface area (Å²) in [5, 5.41) is 14.7. The van der Waals surface area contributed by atoms with E-state index in [9.17, 15) is 4.79 Å². The van der Waals surface area contributed by atoms with Gasteiger partial charge in [-0.2, -0.15) is 0 Å². The first-order valence-electron chi connectivity index (χ1n) is 9.77. The number of aryl methyl sites for hydroxylation is 1. The Morgan fingerprint density at radius 3 is 2.37 bits per heavy atom. The monoisotopic (exact) mass is 394 g/mol. The molecular weight excluding hydrogens is 372 g/mol. The highest BCUT2D eigenvalue weighted by atomic mass is 16.1. The van der Waals surface area contributed by atoms with E-state index in [4.69, 9.17) is 0 Å². The van der Waals surface area contributed by atoms with Crippen LogP contribution in [0.1, 0.15) is 21.5 Å². The first kappa shape index (κ1) is 19.3. The average molecular weight is 394 g/mol. The lowest BCUT2D eigenvalue weighted by atomic mass is 10.1. The number of rotatable bonds is 6. The number of hydrogen-bond donors (Lipinski definition) is 2. The molecule has 1 amide bonds. The topological polar surface area (TPSA) is 66.9 Å². The van der Waals surface area contributed by atoms with Crippen LogP contribution < -0.4 is 10.6 Å². The van der Waals surface area contributed by atoms with Crippen molar-refractivity contribution in [3.63, 3.8) is 0 Å². The molecule has 1 aromatic heterocycles. The highest BCUT2D eigenvalue weighted by Gasteiger charge is 2.07. The van der Waals surface area contributed by atoms with E-state index in [0.717, 1.165) is 22.5 Å². The van der Waals surface area contributed by atoms with Gasteiger partial charge in [-0.25, -0.2) is 0 Å². The molecule has 0 unspecified atom stereocenters. The summed E-state index contributed by atoms with van der Waals surface area (Å²) in [7, 11) is 0. The Hall–Kier alpha value is -3.99. The van der Waals surface area contributed by atoms with Crippen LogP contribution in [-0.2, 0) is 6.54 Å². The third-order valence-corrected chi connectivity index (χ3v) is 4.70. The minimum atomic E-state index is -0.121. The van der Waals surface area contributed by atoms with Crippen LogP contribution in [0.4, 0.5) is 11.5 Å². The van der Waals surface area contributed by atoms with Gasteiger partial charge in [-0.1, -0.05) is 66.2 Å². The zero-order valence-electron chi connectivity index (χ0n) is 16.7. The molecule has 0 aliphatic carbocycles. The van der Waals surface area contributed by atoms with Crippen LogP contribution in [0.2, 0.25) is 0 Å². The number of hydrogen-bond acceptors (Lipinski definition) is 4. The summed E-state index contributed by atoms with van der Waals surface area (Å²) >= 11 is 0. The van der Waals surface area contributed by atoms with Crippen molar-refractivity contribution in [3.8, 4) is 11.3 Å². The minimum Gasteiger partial charge on any atom is -0.348 e. The van der Waals surface area contributed by atoms with Crippen molar-refractivity contribution in [2.24, 2.45) is 0 Å². The number of benzene rings is 3. The lowest BCUT2D eigenvalue weighted by Crippen LogP contribution is -2.22. The predicted octanol–water partition coefficient (Wildman–Crippen LogP) is 5.13. The maximum atomic E-state index is 12.5. The molecule has 5 nitrogen and oxygen atoms in total. The first-order chi connectivity index (χ1) is 14.7. The van der Waals surface area contributed by atoms with E-state index >= 15 is 0 Å². The van der Waals surface area contributed by atoms with Crippen LogP contribution >= 0.6 is 0 Å². The van der Waals surface area contributed by atoms with E-state index in [-0.39, 0.29) is 5.91 Å². The molecule has 0 radical (unpaired) electrons. The van der Waals surface area contributed by atoms with Gasteiger partial charge in [0.25, 0.3) is 5.91 Å². The van der Waals surface area contributed by atoms with Crippen molar-refractivity contribution in [3.05, 3.63) is 108 Å². The summed E-state index contributed by atoms with van der Waals surface area (Å²) in [6.07, 6.45) is 0. The Morgan fingerprint density at radius 1 is 0.833 bits per heavy atom. The van der Waals surface area contributed by atoms with Crippen molar-refractivity contribution in [1.29, 1.82) is 0 Å². The molecule has 148 valence electrons. The van der Waals surface area contributed by atoms with E-state index in [1.807, 2.05) is 85.8 Å². The van der Waals surface area contributed by atoms with Crippen LogP contribution in [0.25, 0.3) is 11.3 Å². The van der Waals surface area contributed by atoms with Gasteiger partial charge < -0.3 is 10.6 Å². The Balaban J connectivity index is 1.40. The highest BCUT2D eigenvalue weighted by Crippen LogP contribution is 2.19. The largest absolute Gasteiger partial charge is 0.348 e. The van der Waals surface area contributed by atoms with Crippen LogP contribution in [0.3, 0.4) is 0 Å². The van der Waals surface area contributed by atoms with Gasteiger partial charge in [0.15, 0.2) is 5.82 Å². The zero-order valence-corrected chi connectivity index (χ0v) is 16.7. The molecule has 5 heteroatoms. The number of carbonyl (C=O) groups excluding carboxylic acids is 1. The summed E-state index contributed by atoms with van der Waals surface area (Å²) in [6, 6.07) is 29.1. The minimum absolute atomic E-state index is 0.121. The molecule has 0 bridgehead atoms. The number of nitrogens with zero attached hydrogens (tertiary/aromatic N) is 2. The van der Waals surface area contributed by atoms with Crippen molar-refractivity contribution < 1.29 is 4.79 Å². The molecule has 0 aliphatic heterocycles. The summed E-state index contributed by atoms with van der Waals surface area (Å²) in [6.45, 7) is 2.53. The molecule has 0 spiro atoms. The van der Waals surface area contributed by atoms with Crippen LogP contribution in [-0.4, -0.2) is 16.1 Å². The van der Waals surface area contributed by atoms with Gasteiger partial charge in [-0.15, -0.1) is 10.2 Å². The van der Waals surface area contributed by atoms with Crippen LogP contribution in [0, 0.1) is 6.92 Å². The fourth-order valence-electron chi connectivity index (χ4n) is 3.04. The quantitative estimate of drug-likeness (QED) is 0.476. The summed E-state index contributed by atoms with van der Waals surface area (Å²) in [5.41, 5.74) is 5.45. The standard InChI is InChI=1S/C25H22N4O/c1-18-10-12-19(13-11-18)17-26-25(30)21-8-5-9-22(16-21)27-24-15-14-23(28-29-24)20-6-3-2-4-7-20/h2-16H,17H2,1H3,(H,26,30)(H,27,29). The van der Waals surface area contributed by atoms with Gasteiger partial charge in [0, 0.05) is 23.4 Å². The molecule has 2 N–H and O–H groups in total. The summed E-state index contributed by atoms with van der Waals surface area (Å²) in [4.78, 5) is 12.5. The zero-order chi connectivity index (χ0) is 20.8. The van der Waals surface area contributed by atoms with Gasteiger partial charge >= 0.3 is 0 Å². The smallest absolute Gasteiger partial charge is 0.251 e. The number of amides is 1. The van der Waals surface area contributed by atoms with E-state index in [1.165, 1.54) is 5.56 Å². The van der Waals surface area contributed by atoms with E-state index in [1.54, 1.807) is 12.1 Å². The van der Waals surface area contributed by atoms with Gasteiger partial charge in [0.05, 0.1) is 5.69 Å². The summed E-state index contributed by atoms with van der Waals surface area (Å²) in [5.74, 6) is 0.497. The molecule has 0 aliphatic rings. The fourth-order valence-corrected chi connectivity index (χ4v) is 3.04. The predicted molar refractivity (Wildman–Crippen MR) is 120 cm³/mol. The fraction of sp³-hybridized carbons (Fsp3) is 0.0800. The first-order valence-corrected chi connectivity index (χ1v) is 9.77. The Bertz CT molecular complexity index is 1120. The van der Waals surface area contributed by atoms with Crippen molar-refractivity contribution in [2.75, 3.05) is 5.32 Å². The third kappa shape index (κ3) is 4.89. The Morgan fingerprint density at radius 2 is 1.63 bits per heavy atom. The second-order valence-corrected chi connectivity index (χ2v) is 7.04. The molecule has 0 saturated heterocycles. The lowest BCUT2D eigenvalue weighted by Gasteiger charge is -2.09. The Labute approximate surface area is 175 Å². The van der Waals surface area contributed by atoms with E-state index in [2.05, 4.69) is 20.8 Å². The van der Waals surface area contributed by atoms with Gasteiger partial charge in [-0.05, 0) is 42.8 Å². The molecule has 0 saturated carbocycles. The molecule has 0 fully saturated rings. The Kier molecular flexibility index (Phi) is 5.80. The van der Waals surface area contributed by atoms with Gasteiger partial charge in [-0.3, -0.25) is 4.79 Å². The van der Waals surface area contributed by atoms with Crippen LogP contribution in [0.5, 0.6) is 0 Å². The van der Waals surface area contributed by atoms with Crippen molar-refractivity contribution in [2.45, 2.75) is 13.5 Å². The second kappa shape index (κ2) is 9.01. The van der Waals surface area contributed by atoms with Crippen molar-refractivity contribution in [1.82, 2.24) is 15.5 Å². The molecule has 3 aromatic carbocycles. The maximum Gasteiger partial charge on any atom is 0.251 e. The highest BCUT2D eigenvalue weighted by molar-refractivity contribution is 5.95. The molecule has 4 aromatic rings. The SMILES string of the molecule is Cc1ccc(CNC(=O)c2cccc(Nc3ccc(-c4ccccc4)nn3)c2)cc1. The number of carbonyl (C=O) groups is 1. The number of anilines is 2. The number of nitrogens with one attached hydrogen (secondary N) is 2. The summed E-state index contributed by atoms with van der Waals surface area (Å²) < 4.78 is 0. The average Bonchev–Trinajstić information content (AvgIpc) is 2.80. The molecule has 4 rings (SSSR count). The van der Waals surface area contributed by atoms with Crippen LogP contribution in [0.15, 0.2) is 91.0 Å². The third-order valence-electron chi connectivity index (χ3n) is 4.70. The number of aromatic nitrogens is 2. The molecule has 1 heterocycles. The van der Waals surface area contributed by atoms with E-state index < -0.39 is 0 Å². The second-order valence-electron chi connectivity index (χ2n) is 7.04. The molecular formula is C25H22N4O. The van der Waals surface area contributed by atoms with Gasteiger partial charge in [0.1, 0.15) is 0 Å². The van der Waals surface area contributed by atoms with E-state index in [0.29, 0.717) is 17.9 Å².